The summed E-state index contributed by atoms with van der Waals surface area (Å²) in [6.07, 6.45) is 0.367. The molecule has 1 N–H and O–H groups in total. The van der Waals surface area contributed by atoms with Crippen LogP contribution in [0.5, 0.6) is 0 Å². The molecule has 23 heavy (non-hydrogen) atoms. The summed E-state index contributed by atoms with van der Waals surface area (Å²) in [6, 6.07) is 6.20. The van der Waals surface area contributed by atoms with Crippen LogP contribution in [-0.2, 0) is 9.53 Å². The molecule has 0 radical (unpaired) electrons. The Morgan fingerprint density at radius 1 is 1.39 bits per heavy atom. The first kappa shape index (κ1) is 15.6. The molecular weight excluding hydrogens is 323 g/mol. The third-order valence-corrected chi connectivity index (χ3v) is 4.47. The molecule has 0 aliphatic carbocycles. The van der Waals surface area contributed by atoms with Crippen molar-refractivity contribution in [3.05, 3.63) is 41.2 Å². The van der Waals surface area contributed by atoms with Gasteiger partial charge in [0.25, 0.3) is 5.91 Å². The molecule has 1 saturated heterocycles. The van der Waals surface area contributed by atoms with Crippen LogP contribution in [0.1, 0.15) is 9.67 Å². The Hall–Kier alpha value is -2.32. The number of hydrogen-bond donors (Lipinski definition) is 1. The van der Waals surface area contributed by atoms with E-state index in [4.69, 9.17) is 9.84 Å². The molecule has 1 atom stereocenters. The minimum Gasteiger partial charge on any atom is -0.479 e. The number of amides is 1. The number of rotatable bonds is 3. The number of carboxylic acids is 1. The summed E-state index contributed by atoms with van der Waals surface area (Å²) in [5.41, 5.74) is 0.335. The van der Waals surface area contributed by atoms with Crippen molar-refractivity contribution in [3.63, 3.8) is 0 Å². The fourth-order valence-corrected chi connectivity index (χ4v) is 3.18. The van der Waals surface area contributed by atoms with Crippen LogP contribution in [0.15, 0.2) is 30.5 Å². The van der Waals surface area contributed by atoms with Gasteiger partial charge in [-0.25, -0.2) is 14.2 Å². The Kier molecular flexibility index (Phi) is 4.35. The Morgan fingerprint density at radius 3 is 2.91 bits per heavy atom. The first-order valence-electron chi connectivity index (χ1n) is 6.90. The second-order valence-corrected chi connectivity index (χ2v) is 5.99. The van der Waals surface area contributed by atoms with Crippen LogP contribution < -0.4 is 0 Å². The lowest BCUT2D eigenvalue weighted by molar-refractivity contribution is -0.154. The summed E-state index contributed by atoms with van der Waals surface area (Å²) >= 11 is 1.08. The van der Waals surface area contributed by atoms with E-state index in [9.17, 15) is 14.0 Å². The molecule has 2 aromatic rings. The molecule has 1 aromatic carbocycles. The molecule has 1 aliphatic heterocycles. The highest BCUT2D eigenvalue weighted by molar-refractivity contribution is 7.16. The maximum Gasteiger partial charge on any atom is 0.334 e. The van der Waals surface area contributed by atoms with Crippen molar-refractivity contribution < 1.29 is 23.8 Å². The van der Waals surface area contributed by atoms with Crippen molar-refractivity contribution in [2.45, 2.75) is 6.10 Å². The maximum atomic E-state index is 13.8. The zero-order valence-corrected chi connectivity index (χ0v) is 12.8. The third kappa shape index (κ3) is 3.22. The Labute approximate surface area is 135 Å². The van der Waals surface area contributed by atoms with E-state index in [-0.39, 0.29) is 19.1 Å². The molecule has 2 heterocycles. The lowest BCUT2D eigenvalue weighted by Gasteiger charge is -2.30. The summed E-state index contributed by atoms with van der Waals surface area (Å²) in [7, 11) is 0. The highest BCUT2D eigenvalue weighted by atomic mass is 32.1. The fraction of sp³-hybridized carbons (Fsp3) is 0.267. The number of halogens is 1. The lowest BCUT2D eigenvalue weighted by atomic mass is 10.2. The zero-order valence-electron chi connectivity index (χ0n) is 11.9. The van der Waals surface area contributed by atoms with Crippen molar-refractivity contribution in [2.75, 3.05) is 19.7 Å². The van der Waals surface area contributed by atoms with Crippen molar-refractivity contribution in [1.82, 2.24) is 9.88 Å². The van der Waals surface area contributed by atoms with E-state index in [0.717, 1.165) is 11.3 Å². The number of thiazole rings is 1. The van der Waals surface area contributed by atoms with Crippen LogP contribution in [0.4, 0.5) is 4.39 Å². The van der Waals surface area contributed by atoms with Gasteiger partial charge in [0.2, 0.25) is 0 Å². The topological polar surface area (TPSA) is 79.7 Å². The predicted molar refractivity (Wildman–Crippen MR) is 80.8 cm³/mol. The van der Waals surface area contributed by atoms with Crippen LogP contribution in [0, 0.1) is 5.82 Å². The number of carboxylic acid groups (broad SMARTS) is 1. The number of morpholine rings is 1. The number of nitrogens with zero attached hydrogens (tertiary/aromatic N) is 2. The molecule has 120 valence electrons. The number of hydrogen-bond acceptors (Lipinski definition) is 5. The first-order chi connectivity index (χ1) is 11.1. The SMILES string of the molecule is O=C(O)[C@@H]1CN(C(=O)c2cnc(-c3ccccc3F)s2)CCO1. The third-order valence-electron chi connectivity index (χ3n) is 3.45. The average molecular weight is 336 g/mol. The van der Waals surface area contributed by atoms with E-state index < -0.39 is 17.9 Å². The molecular formula is C15H13FN2O4S. The molecule has 1 aliphatic rings. The van der Waals surface area contributed by atoms with Gasteiger partial charge >= 0.3 is 5.97 Å². The van der Waals surface area contributed by atoms with Gasteiger partial charge < -0.3 is 14.7 Å². The van der Waals surface area contributed by atoms with Crippen molar-refractivity contribution >= 4 is 23.2 Å². The number of benzene rings is 1. The van der Waals surface area contributed by atoms with Gasteiger partial charge in [-0.3, -0.25) is 4.79 Å². The summed E-state index contributed by atoms with van der Waals surface area (Å²) in [5.74, 6) is -1.82. The number of aromatic nitrogens is 1. The molecule has 1 fully saturated rings. The molecule has 0 saturated carbocycles. The largest absolute Gasteiger partial charge is 0.479 e. The first-order valence-corrected chi connectivity index (χ1v) is 7.72. The molecule has 0 spiro atoms. The average Bonchev–Trinajstić information content (AvgIpc) is 3.04. The monoisotopic (exact) mass is 336 g/mol. The summed E-state index contributed by atoms with van der Waals surface area (Å²) in [6.45, 7) is 0.471. The highest BCUT2D eigenvalue weighted by Gasteiger charge is 2.30. The second kappa shape index (κ2) is 6.43. The van der Waals surface area contributed by atoms with E-state index in [1.54, 1.807) is 18.2 Å². The Balaban J connectivity index is 1.79. The Morgan fingerprint density at radius 2 is 2.17 bits per heavy atom. The van der Waals surface area contributed by atoms with Gasteiger partial charge in [0.15, 0.2) is 6.10 Å². The van der Waals surface area contributed by atoms with E-state index in [1.807, 2.05) is 0 Å². The van der Waals surface area contributed by atoms with Crippen LogP contribution in [0.3, 0.4) is 0 Å². The number of carbonyl (C=O) groups excluding carboxylic acids is 1. The van der Waals surface area contributed by atoms with E-state index in [0.29, 0.717) is 22.0 Å². The molecule has 1 aromatic heterocycles. The predicted octanol–water partition coefficient (Wildman–Crippen LogP) is 1.87. The maximum absolute atomic E-state index is 13.8. The van der Waals surface area contributed by atoms with Gasteiger partial charge in [0.05, 0.1) is 19.3 Å². The number of aliphatic carboxylic acids is 1. The van der Waals surface area contributed by atoms with Crippen molar-refractivity contribution in [3.8, 4) is 10.6 Å². The quantitative estimate of drug-likeness (QED) is 0.926. The normalized spacial score (nSPS) is 18.0. The van der Waals surface area contributed by atoms with E-state index >= 15 is 0 Å². The fourth-order valence-electron chi connectivity index (χ4n) is 2.27. The Bertz CT molecular complexity index is 749. The number of ether oxygens (including phenoxy) is 1. The van der Waals surface area contributed by atoms with Gasteiger partial charge in [0, 0.05) is 12.1 Å². The minimum atomic E-state index is -1.10. The van der Waals surface area contributed by atoms with Crippen molar-refractivity contribution in [1.29, 1.82) is 0 Å². The molecule has 1 amide bonds. The smallest absolute Gasteiger partial charge is 0.334 e. The van der Waals surface area contributed by atoms with Crippen LogP contribution in [0.25, 0.3) is 10.6 Å². The minimum absolute atomic E-state index is 0.0128. The lowest BCUT2D eigenvalue weighted by Crippen LogP contribution is -2.48. The summed E-state index contributed by atoms with van der Waals surface area (Å²) in [5, 5.41) is 9.39. The van der Waals surface area contributed by atoms with E-state index in [2.05, 4.69) is 4.98 Å². The second-order valence-electron chi connectivity index (χ2n) is 4.96. The van der Waals surface area contributed by atoms with Gasteiger partial charge in [-0.05, 0) is 12.1 Å². The molecule has 8 heteroatoms. The van der Waals surface area contributed by atoms with Crippen molar-refractivity contribution in [2.24, 2.45) is 0 Å². The zero-order chi connectivity index (χ0) is 16.4. The highest BCUT2D eigenvalue weighted by Crippen LogP contribution is 2.28. The summed E-state index contributed by atoms with van der Waals surface area (Å²) < 4.78 is 18.9. The van der Waals surface area contributed by atoms with E-state index in [1.165, 1.54) is 17.2 Å². The van der Waals surface area contributed by atoms with Crippen LogP contribution in [-0.4, -0.2) is 52.7 Å². The van der Waals surface area contributed by atoms with Crippen LogP contribution in [0.2, 0.25) is 0 Å². The van der Waals surface area contributed by atoms with Gasteiger partial charge in [0.1, 0.15) is 15.7 Å². The van der Waals surface area contributed by atoms with Gasteiger partial charge in [-0.2, -0.15) is 0 Å². The summed E-state index contributed by atoms with van der Waals surface area (Å²) in [4.78, 5) is 29.3. The standard InChI is InChI=1S/C15H13FN2O4S/c16-10-4-2-1-3-9(10)13-17-7-12(23-13)14(19)18-5-6-22-11(8-18)15(20)21/h1-4,7,11H,5-6,8H2,(H,20,21)/t11-/m0/s1. The van der Waals surface area contributed by atoms with Gasteiger partial charge in [-0.15, -0.1) is 11.3 Å². The molecule has 0 unspecified atom stereocenters. The van der Waals surface area contributed by atoms with Crippen LogP contribution >= 0.6 is 11.3 Å². The number of carbonyl (C=O) groups is 2. The van der Waals surface area contributed by atoms with Gasteiger partial charge in [-0.1, -0.05) is 12.1 Å². The molecule has 0 bridgehead atoms. The molecule has 6 nitrogen and oxygen atoms in total. The molecule has 3 rings (SSSR count).